The lowest BCUT2D eigenvalue weighted by Crippen LogP contribution is -2.49. The van der Waals surface area contributed by atoms with E-state index in [1.54, 1.807) is 12.1 Å². The van der Waals surface area contributed by atoms with Gasteiger partial charge >= 0.3 is 0 Å². The van der Waals surface area contributed by atoms with Gasteiger partial charge in [-0.15, -0.1) is 12.4 Å². The second-order valence-electron chi connectivity index (χ2n) is 7.33. The largest absolute Gasteiger partial charge is 0.389 e. The Morgan fingerprint density at radius 1 is 1.34 bits per heavy atom. The molecule has 6 nitrogen and oxygen atoms in total. The maximum Gasteiger partial charge on any atom is 0.270 e. The average Bonchev–Trinajstić information content (AvgIpc) is 2.71. The van der Waals surface area contributed by atoms with Crippen molar-refractivity contribution in [1.29, 1.82) is 0 Å². The van der Waals surface area contributed by atoms with E-state index in [0.29, 0.717) is 31.7 Å². The Morgan fingerprint density at radius 2 is 2.14 bits per heavy atom. The van der Waals surface area contributed by atoms with Crippen LogP contribution in [-0.2, 0) is 24.1 Å². The van der Waals surface area contributed by atoms with Crippen molar-refractivity contribution < 1.29 is 19.0 Å². The van der Waals surface area contributed by atoms with Crippen LogP contribution in [0.1, 0.15) is 39.3 Å². The number of hydrogen-bond acceptors (Lipinski definition) is 5. The summed E-state index contributed by atoms with van der Waals surface area (Å²) in [5, 5.41) is 16.2. The Kier molecular flexibility index (Phi) is 7.18. The molecular weight excluding hydrogens is 397 g/mol. The lowest BCUT2D eigenvalue weighted by atomic mass is 9.94. The molecule has 2 unspecified atom stereocenters. The van der Waals surface area contributed by atoms with Gasteiger partial charge in [0, 0.05) is 13.2 Å². The standard InChI is InChI=1S/C21H24FN3O3.ClH/c22-15-3-1-13(2-4-15)9-14-10-18(24-19-11-23-7-5-16(14)19)21(27)25-17-6-8-28-12-20(17)26;/h1-4,10,17,20,23,26H,5-9,11-12H2,(H,25,27);1H. The van der Waals surface area contributed by atoms with E-state index in [9.17, 15) is 14.3 Å². The van der Waals surface area contributed by atoms with Gasteiger partial charge in [-0.2, -0.15) is 0 Å². The molecule has 1 aromatic heterocycles. The number of rotatable bonds is 4. The minimum Gasteiger partial charge on any atom is -0.389 e. The fourth-order valence-corrected chi connectivity index (χ4v) is 3.78. The van der Waals surface area contributed by atoms with Crippen molar-refractivity contribution in [2.24, 2.45) is 0 Å². The van der Waals surface area contributed by atoms with E-state index >= 15 is 0 Å². The fourth-order valence-electron chi connectivity index (χ4n) is 3.78. The van der Waals surface area contributed by atoms with Gasteiger partial charge in [0.1, 0.15) is 11.5 Å². The van der Waals surface area contributed by atoms with Crippen molar-refractivity contribution in [2.75, 3.05) is 19.8 Å². The third kappa shape index (κ3) is 5.11. The molecule has 0 aliphatic carbocycles. The Labute approximate surface area is 175 Å². The molecule has 1 saturated heterocycles. The number of pyridine rings is 1. The van der Waals surface area contributed by atoms with E-state index < -0.39 is 6.10 Å². The van der Waals surface area contributed by atoms with E-state index in [4.69, 9.17) is 4.74 Å². The molecule has 3 N–H and O–H groups in total. The second-order valence-corrected chi connectivity index (χ2v) is 7.33. The van der Waals surface area contributed by atoms with Crippen molar-refractivity contribution in [3.8, 4) is 0 Å². The molecule has 3 heterocycles. The highest BCUT2D eigenvalue weighted by molar-refractivity contribution is 5.93. The number of aromatic nitrogens is 1. The molecule has 156 valence electrons. The van der Waals surface area contributed by atoms with Crippen LogP contribution in [0.5, 0.6) is 0 Å². The zero-order valence-electron chi connectivity index (χ0n) is 16.0. The molecule has 0 bridgehead atoms. The number of benzene rings is 1. The first-order valence-corrected chi connectivity index (χ1v) is 9.63. The summed E-state index contributed by atoms with van der Waals surface area (Å²) in [6, 6.07) is 7.92. The van der Waals surface area contributed by atoms with Gasteiger partial charge in [0.2, 0.25) is 0 Å². The van der Waals surface area contributed by atoms with Gasteiger partial charge in [-0.1, -0.05) is 12.1 Å². The average molecular weight is 422 g/mol. The lowest BCUT2D eigenvalue weighted by Gasteiger charge is -2.28. The molecule has 2 atom stereocenters. The predicted octanol–water partition coefficient (Wildman–Crippen LogP) is 1.76. The summed E-state index contributed by atoms with van der Waals surface area (Å²) >= 11 is 0. The normalized spacial score (nSPS) is 21.0. The Morgan fingerprint density at radius 3 is 2.90 bits per heavy atom. The zero-order chi connectivity index (χ0) is 19.5. The van der Waals surface area contributed by atoms with Crippen LogP contribution in [0.2, 0.25) is 0 Å². The number of fused-ring (bicyclic) bond motifs is 1. The lowest BCUT2D eigenvalue weighted by molar-refractivity contribution is -0.0261. The molecule has 2 aromatic rings. The summed E-state index contributed by atoms with van der Waals surface area (Å²) in [4.78, 5) is 17.4. The van der Waals surface area contributed by atoms with Gasteiger partial charge < -0.3 is 20.5 Å². The summed E-state index contributed by atoms with van der Waals surface area (Å²) in [6.07, 6.45) is 1.32. The van der Waals surface area contributed by atoms with Gasteiger partial charge in [-0.25, -0.2) is 9.37 Å². The molecule has 2 aliphatic rings. The van der Waals surface area contributed by atoms with Crippen molar-refractivity contribution in [3.05, 3.63) is 64.2 Å². The number of nitrogens with one attached hydrogen (secondary N) is 2. The predicted molar refractivity (Wildman–Crippen MR) is 109 cm³/mol. The first-order chi connectivity index (χ1) is 13.6. The molecule has 0 spiro atoms. The molecule has 4 rings (SSSR count). The molecule has 0 saturated carbocycles. The first-order valence-electron chi connectivity index (χ1n) is 9.63. The van der Waals surface area contributed by atoms with Crippen LogP contribution in [0.25, 0.3) is 0 Å². The molecule has 1 fully saturated rings. The fraction of sp³-hybridized carbons (Fsp3) is 0.429. The van der Waals surface area contributed by atoms with Crippen molar-refractivity contribution >= 4 is 18.3 Å². The van der Waals surface area contributed by atoms with Crippen LogP contribution in [-0.4, -0.2) is 47.9 Å². The summed E-state index contributed by atoms with van der Waals surface area (Å²) in [5.74, 6) is -0.556. The Hall–Kier alpha value is -2.06. The molecule has 2 aliphatic heterocycles. The molecule has 0 radical (unpaired) electrons. The third-order valence-electron chi connectivity index (χ3n) is 5.33. The maximum absolute atomic E-state index is 13.2. The second kappa shape index (κ2) is 9.63. The molecule has 1 amide bonds. The minimum absolute atomic E-state index is 0. The molecular formula is C21H25ClFN3O3. The minimum atomic E-state index is -0.712. The molecule has 29 heavy (non-hydrogen) atoms. The van der Waals surface area contributed by atoms with Crippen LogP contribution in [0.4, 0.5) is 4.39 Å². The van der Waals surface area contributed by atoms with Crippen LogP contribution in [0.3, 0.4) is 0 Å². The summed E-state index contributed by atoms with van der Waals surface area (Å²) in [7, 11) is 0. The highest BCUT2D eigenvalue weighted by Gasteiger charge is 2.27. The number of aliphatic hydroxyl groups is 1. The Bertz CT molecular complexity index is 863. The Balaban J connectivity index is 0.00000240. The highest BCUT2D eigenvalue weighted by atomic mass is 35.5. The SMILES string of the molecule is Cl.O=C(NC1CCOCC1O)c1cc(Cc2ccc(F)cc2)c2c(n1)CNCC2. The van der Waals surface area contributed by atoms with Gasteiger partial charge in [-0.3, -0.25) is 4.79 Å². The van der Waals surface area contributed by atoms with Crippen LogP contribution >= 0.6 is 12.4 Å². The third-order valence-corrected chi connectivity index (χ3v) is 5.33. The number of ether oxygens (including phenoxy) is 1. The molecule has 8 heteroatoms. The van der Waals surface area contributed by atoms with Gasteiger partial charge in [0.25, 0.3) is 5.91 Å². The van der Waals surface area contributed by atoms with E-state index in [1.807, 2.05) is 6.07 Å². The quantitative estimate of drug-likeness (QED) is 0.700. The highest BCUT2D eigenvalue weighted by Crippen LogP contribution is 2.22. The number of carbonyl (C=O) groups is 1. The van der Waals surface area contributed by atoms with Gasteiger partial charge in [0.15, 0.2) is 0 Å². The monoisotopic (exact) mass is 421 g/mol. The van der Waals surface area contributed by atoms with Crippen LogP contribution in [0.15, 0.2) is 30.3 Å². The van der Waals surface area contributed by atoms with Crippen molar-refractivity contribution in [1.82, 2.24) is 15.6 Å². The summed E-state index contributed by atoms with van der Waals surface area (Å²) in [6.45, 7) is 2.22. The van der Waals surface area contributed by atoms with E-state index in [-0.39, 0.29) is 36.8 Å². The van der Waals surface area contributed by atoms with E-state index in [0.717, 1.165) is 35.3 Å². The first kappa shape index (κ1) is 21.6. The van der Waals surface area contributed by atoms with Crippen LogP contribution < -0.4 is 10.6 Å². The van der Waals surface area contributed by atoms with Crippen molar-refractivity contribution in [3.63, 3.8) is 0 Å². The smallest absolute Gasteiger partial charge is 0.270 e. The number of carbonyl (C=O) groups excluding carboxylic acids is 1. The maximum atomic E-state index is 13.2. The number of hydrogen-bond donors (Lipinski definition) is 3. The number of nitrogens with zero attached hydrogens (tertiary/aromatic N) is 1. The zero-order valence-corrected chi connectivity index (χ0v) is 16.8. The summed E-state index contributed by atoms with van der Waals surface area (Å²) < 4.78 is 18.4. The van der Waals surface area contributed by atoms with Gasteiger partial charge in [0.05, 0.1) is 24.4 Å². The number of halogens is 2. The summed E-state index contributed by atoms with van der Waals surface area (Å²) in [5.41, 5.74) is 4.41. The van der Waals surface area contributed by atoms with E-state index in [1.165, 1.54) is 12.1 Å². The topological polar surface area (TPSA) is 83.5 Å². The molecule has 1 aromatic carbocycles. The number of aliphatic hydroxyl groups excluding tert-OH is 1. The number of amides is 1. The van der Waals surface area contributed by atoms with E-state index in [2.05, 4.69) is 15.6 Å². The van der Waals surface area contributed by atoms with Gasteiger partial charge in [-0.05, 0) is 60.7 Å². The van der Waals surface area contributed by atoms with Crippen molar-refractivity contribution in [2.45, 2.75) is 38.0 Å². The van der Waals surface area contributed by atoms with Crippen LogP contribution in [0, 0.1) is 5.82 Å².